The highest BCUT2D eigenvalue weighted by Gasteiger charge is 2.30. The van der Waals surface area contributed by atoms with Crippen molar-refractivity contribution in [3.63, 3.8) is 0 Å². The molecular formula is C74H144O17P2. The molecule has 0 aliphatic heterocycles. The lowest BCUT2D eigenvalue weighted by molar-refractivity contribution is -0.161. The second kappa shape index (κ2) is 66.0. The van der Waals surface area contributed by atoms with Crippen LogP contribution in [0.2, 0.25) is 0 Å². The van der Waals surface area contributed by atoms with Crippen LogP contribution in [0.25, 0.3) is 0 Å². The van der Waals surface area contributed by atoms with Gasteiger partial charge in [-0.2, -0.15) is 0 Å². The second-order valence-corrected chi connectivity index (χ2v) is 30.5. The van der Waals surface area contributed by atoms with Crippen molar-refractivity contribution >= 4 is 39.5 Å². The molecule has 93 heavy (non-hydrogen) atoms. The predicted molar refractivity (Wildman–Crippen MR) is 377 cm³/mol. The first-order chi connectivity index (χ1) is 44.9. The van der Waals surface area contributed by atoms with Gasteiger partial charge in [-0.25, -0.2) is 9.13 Å². The second-order valence-electron chi connectivity index (χ2n) is 27.6. The van der Waals surface area contributed by atoms with Crippen LogP contribution in [0.3, 0.4) is 0 Å². The number of carbonyl (C=O) groups is 4. The molecule has 0 bridgehead atoms. The van der Waals surface area contributed by atoms with Gasteiger partial charge >= 0.3 is 39.5 Å². The lowest BCUT2D eigenvalue weighted by Gasteiger charge is -2.21. The van der Waals surface area contributed by atoms with Crippen molar-refractivity contribution in [2.75, 3.05) is 39.6 Å². The molecule has 0 spiro atoms. The monoisotopic (exact) mass is 1370 g/mol. The first-order valence-electron chi connectivity index (χ1n) is 38.5. The third-order valence-corrected chi connectivity index (χ3v) is 19.1. The Balaban J connectivity index is 5.14. The van der Waals surface area contributed by atoms with Crippen molar-refractivity contribution in [2.45, 2.75) is 400 Å². The van der Waals surface area contributed by atoms with Crippen LogP contribution >= 0.6 is 15.6 Å². The van der Waals surface area contributed by atoms with Gasteiger partial charge < -0.3 is 33.8 Å². The van der Waals surface area contributed by atoms with E-state index < -0.39 is 97.5 Å². The summed E-state index contributed by atoms with van der Waals surface area (Å²) in [7, 11) is -9.90. The number of esters is 4. The molecule has 2 unspecified atom stereocenters. The predicted octanol–water partition coefficient (Wildman–Crippen LogP) is 21.6. The van der Waals surface area contributed by atoms with E-state index in [1.54, 1.807) is 0 Å². The third-order valence-electron chi connectivity index (χ3n) is 17.2. The summed E-state index contributed by atoms with van der Waals surface area (Å²) in [5.41, 5.74) is 0. The molecule has 0 aromatic rings. The fourth-order valence-electron chi connectivity index (χ4n) is 11.3. The minimum absolute atomic E-state index is 0.105. The van der Waals surface area contributed by atoms with E-state index >= 15 is 0 Å². The maximum absolute atomic E-state index is 13.1. The maximum atomic E-state index is 13.1. The number of ether oxygens (including phenoxy) is 4. The molecule has 3 N–H and O–H groups in total. The molecule has 17 nitrogen and oxygen atoms in total. The van der Waals surface area contributed by atoms with Crippen molar-refractivity contribution in [3.05, 3.63) is 0 Å². The largest absolute Gasteiger partial charge is 0.472 e. The van der Waals surface area contributed by atoms with Crippen molar-refractivity contribution in [3.8, 4) is 0 Å². The van der Waals surface area contributed by atoms with E-state index in [0.29, 0.717) is 25.7 Å². The Kier molecular flexibility index (Phi) is 64.6. The number of phosphoric ester groups is 2. The first kappa shape index (κ1) is 91.1. The average Bonchev–Trinajstić information content (AvgIpc) is 1.91. The van der Waals surface area contributed by atoms with Gasteiger partial charge in [0.15, 0.2) is 12.2 Å². The van der Waals surface area contributed by atoms with Gasteiger partial charge in [0.25, 0.3) is 0 Å². The average molecular weight is 1370 g/mol. The zero-order valence-corrected chi connectivity index (χ0v) is 62.3. The fraction of sp³-hybridized carbons (Fsp3) is 0.946. The molecule has 0 aromatic heterocycles. The molecule has 5 atom stereocenters. The zero-order valence-electron chi connectivity index (χ0n) is 60.6. The van der Waals surface area contributed by atoms with Crippen LogP contribution in [0.1, 0.15) is 382 Å². The molecule has 0 fully saturated rings. The number of unbranched alkanes of at least 4 members (excludes halogenated alkanes) is 43. The lowest BCUT2D eigenvalue weighted by Crippen LogP contribution is -2.30. The highest BCUT2D eigenvalue weighted by atomic mass is 31.2. The van der Waals surface area contributed by atoms with Gasteiger partial charge in [-0.15, -0.1) is 0 Å². The molecular weight excluding hydrogens is 1220 g/mol. The van der Waals surface area contributed by atoms with Crippen LogP contribution in [0.5, 0.6) is 0 Å². The summed E-state index contributed by atoms with van der Waals surface area (Å²) in [5.74, 6) is -0.586. The number of carbonyl (C=O) groups excluding carboxylic acids is 4. The van der Waals surface area contributed by atoms with Gasteiger partial charge in [-0.3, -0.25) is 37.3 Å². The minimum atomic E-state index is -4.95. The SMILES string of the molecule is CCCCCCCCCCCCCCCCCCCCCC(=O)O[C@H](COC(=O)CCCCCCCCCCCCCCCC(C)C)COP(=O)(O)OC[C@@H](O)COP(=O)(O)OC[C@@H](COC(=O)CCCCCCC)OC(=O)CCCCCCCCCCCCC(C)C. The van der Waals surface area contributed by atoms with Crippen LogP contribution in [0.4, 0.5) is 0 Å². The summed E-state index contributed by atoms with van der Waals surface area (Å²) >= 11 is 0. The van der Waals surface area contributed by atoms with Crippen molar-refractivity contribution in [2.24, 2.45) is 11.8 Å². The lowest BCUT2D eigenvalue weighted by atomic mass is 10.0. The normalized spacial score (nSPS) is 14.1. The molecule has 0 radical (unpaired) electrons. The molecule has 552 valence electrons. The number of aliphatic hydroxyl groups is 1. The number of aliphatic hydroxyl groups excluding tert-OH is 1. The number of rotatable bonds is 73. The van der Waals surface area contributed by atoms with Gasteiger partial charge in [-0.05, 0) is 37.5 Å². The summed E-state index contributed by atoms with van der Waals surface area (Å²) in [4.78, 5) is 72.4. The third kappa shape index (κ3) is 68.4. The summed E-state index contributed by atoms with van der Waals surface area (Å²) < 4.78 is 68.2. The Morgan fingerprint density at radius 2 is 0.495 bits per heavy atom. The maximum Gasteiger partial charge on any atom is 0.472 e. The molecule has 0 aliphatic rings. The fourth-order valence-corrected chi connectivity index (χ4v) is 12.9. The van der Waals surface area contributed by atoms with E-state index in [9.17, 15) is 43.2 Å². The molecule has 0 saturated heterocycles. The summed E-state index contributed by atoms with van der Waals surface area (Å²) in [6.07, 6.45) is 53.2. The number of phosphoric acid groups is 2. The quantitative estimate of drug-likeness (QED) is 0.0222. The topological polar surface area (TPSA) is 237 Å². The Bertz CT molecular complexity index is 1800. The molecule has 0 aliphatic carbocycles. The van der Waals surface area contributed by atoms with Gasteiger partial charge in [0.1, 0.15) is 19.3 Å². The first-order valence-corrected chi connectivity index (χ1v) is 41.5. The molecule has 0 heterocycles. The van der Waals surface area contributed by atoms with Gasteiger partial charge in [0.05, 0.1) is 26.4 Å². The van der Waals surface area contributed by atoms with E-state index in [-0.39, 0.29) is 25.7 Å². The molecule has 0 aromatic carbocycles. The van der Waals surface area contributed by atoms with Crippen LogP contribution in [0, 0.1) is 11.8 Å². The van der Waals surface area contributed by atoms with Crippen molar-refractivity contribution in [1.29, 1.82) is 0 Å². The van der Waals surface area contributed by atoms with Crippen LogP contribution in [-0.4, -0.2) is 96.7 Å². The highest BCUT2D eigenvalue weighted by Crippen LogP contribution is 2.45. The highest BCUT2D eigenvalue weighted by molar-refractivity contribution is 7.47. The molecule has 0 rings (SSSR count). The smallest absolute Gasteiger partial charge is 0.462 e. The van der Waals surface area contributed by atoms with Gasteiger partial charge in [0.2, 0.25) is 0 Å². The van der Waals surface area contributed by atoms with E-state index in [1.165, 1.54) is 193 Å². The van der Waals surface area contributed by atoms with Crippen LogP contribution in [0.15, 0.2) is 0 Å². The van der Waals surface area contributed by atoms with Gasteiger partial charge in [0, 0.05) is 25.7 Å². The minimum Gasteiger partial charge on any atom is -0.462 e. The molecule has 19 heteroatoms. The van der Waals surface area contributed by atoms with Crippen LogP contribution in [-0.2, 0) is 65.4 Å². The van der Waals surface area contributed by atoms with Crippen molar-refractivity contribution < 1.29 is 80.2 Å². The Morgan fingerprint density at radius 3 is 0.731 bits per heavy atom. The Labute approximate surface area is 568 Å². The summed E-state index contributed by atoms with van der Waals surface area (Å²) in [6, 6.07) is 0. The summed E-state index contributed by atoms with van der Waals surface area (Å²) in [5, 5.41) is 10.6. The standard InChI is InChI=1S/C74H144O17P2/c1-7-9-11-13-14-15-16-17-18-19-20-21-22-25-29-35-40-46-52-58-74(79)91-70(63-85-72(77)57-51-45-39-34-28-26-23-24-27-32-37-43-48-54-66(3)4)65-89-93(82,83)87-61-68(75)60-86-92(80,81)88-64-69(62-84-71(76)56-50-42-12-10-8-2)90-73(78)59-53-47-41-36-31-30-33-38-44-49-55-67(5)6/h66-70,75H,7-65H2,1-6H3,(H,80,81)(H,82,83)/t68-,69+,70+/m0/s1. The van der Waals surface area contributed by atoms with Crippen molar-refractivity contribution in [1.82, 2.24) is 0 Å². The Morgan fingerprint density at radius 1 is 0.290 bits per heavy atom. The summed E-state index contributed by atoms with van der Waals surface area (Å²) in [6.45, 7) is 9.50. The van der Waals surface area contributed by atoms with E-state index in [4.69, 9.17) is 37.0 Å². The van der Waals surface area contributed by atoms with E-state index in [2.05, 4.69) is 41.5 Å². The van der Waals surface area contributed by atoms with E-state index in [0.717, 1.165) is 108 Å². The van der Waals surface area contributed by atoms with Crippen LogP contribution < -0.4 is 0 Å². The zero-order chi connectivity index (χ0) is 68.6. The van der Waals surface area contributed by atoms with Gasteiger partial charge in [-0.1, -0.05) is 330 Å². The Hall–Kier alpha value is -1.94. The number of hydrogen-bond donors (Lipinski definition) is 3. The molecule has 0 saturated carbocycles. The molecule has 0 amide bonds. The number of hydrogen-bond acceptors (Lipinski definition) is 15. The van der Waals surface area contributed by atoms with E-state index in [1.807, 2.05) is 0 Å².